The van der Waals surface area contributed by atoms with Gasteiger partial charge in [0.2, 0.25) is 0 Å². The molecule has 5 heteroatoms. The highest BCUT2D eigenvalue weighted by atomic mass is 35.5. The number of nitrogens with zero attached hydrogens (tertiary/aromatic N) is 2. The molecule has 0 fully saturated rings. The molecule has 1 aromatic carbocycles. The minimum atomic E-state index is -0.242. The molecule has 4 nitrogen and oxygen atoms in total. The topological polar surface area (TPSA) is 46.9 Å². The Balaban J connectivity index is 2.18. The summed E-state index contributed by atoms with van der Waals surface area (Å²) in [5, 5.41) is 7.24. The summed E-state index contributed by atoms with van der Waals surface area (Å²) in [7, 11) is 0. The highest BCUT2D eigenvalue weighted by Gasteiger charge is 2.16. The van der Waals surface area contributed by atoms with E-state index in [0.717, 1.165) is 12.1 Å². The molecule has 2 rings (SSSR count). The van der Waals surface area contributed by atoms with Crippen molar-refractivity contribution in [2.75, 3.05) is 5.32 Å². The van der Waals surface area contributed by atoms with Crippen LogP contribution in [0, 0.1) is 0 Å². The summed E-state index contributed by atoms with van der Waals surface area (Å²) in [5.74, 6) is -0.242. The van der Waals surface area contributed by atoms with Crippen molar-refractivity contribution in [2.45, 2.75) is 26.8 Å². The fraction of sp³-hybridized carbons (Fsp3) is 0.286. The number of hydrogen-bond donors (Lipinski definition) is 1. The van der Waals surface area contributed by atoms with E-state index in [0.29, 0.717) is 17.3 Å². The summed E-state index contributed by atoms with van der Waals surface area (Å²) < 4.78 is 1.58. The second-order valence-electron chi connectivity index (χ2n) is 4.16. The molecule has 100 valence electrons. The number of nitrogens with one attached hydrogen (secondary N) is 1. The van der Waals surface area contributed by atoms with E-state index in [1.54, 1.807) is 4.68 Å². The first-order valence-electron chi connectivity index (χ1n) is 6.27. The maximum atomic E-state index is 12.2. The lowest BCUT2D eigenvalue weighted by Gasteiger charge is -2.08. The van der Waals surface area contributed by atoms with Crippen molar-refractivity contribution in [3.05, 3.63) is 46.7 Å². The van der Waals surface area contributed by atoms with E-state index in [1.165, 1.54) is 11.8 Å². The lowest BCUT2D eigenvalue weighted by molar-refractivity contribution is 0.101. The van der Waals surface area contributed by atoms with Gasteiger partial charge in [-0.1, -0.05) is 30.7 Å². The van der Waals surface area contributed by atoms with Crippen LogP contribution in [0.25, 0.3) is 0 Å². The van der Waals surface area contributed by atoms with Gasteiger partial charge in [0.15, 0.2) is 0 Å². The first kappa shape index (κ1) is 13.6. The monoisotopic (exact) mass is 277 g/mol. The Morgan fingerprint density at radius 2 is 2.00 bits per heavy atom. The Bertz CT molecular complexity index is 575. The third-order valence-corrected chi connectivity index (χ3v) is 3.21. The van der Waals surface area contributed by atoms with Gasteiger partial charge in [0.05, 0.1) is 11.2 Å². The van der Waals surface area contributed by atoms with Crippen molar-refractivity contribution >= 4 is 23.2 Å². The van der Waals surface area contributed by atoms with Crippen molar-refractivity contribution in [3.8, 4) is 0 Å². The van der Waals surface area contributed by atoms with E-state index >= 15 is 0 Å². The normalized spacial score (nSPS) is 10.5. The van der Waals surface area contributed by atoms with Gasteiger partial charge in [-0.3, -0.25) is 9.48 Å². The molecule has 1 amide bonds. The molecule has 0 aliphatic heterocycles. The lowest BCUT2D eigenvalue weighted by Crippen LogP contribution is -2.17. The van der Waals surface area contributed by atoms with E-state index in [-0.39, 0.29) is 5.91 Å². The first-order chi connectivity index (χ1) is 9.15. The van der Waals surface area contributed by atoms with Gasteiger partial charge in [0, 0.05) is 12.2 Å². The number of anilines is 1. The summed E-state index contributed by atoms with van der Waals surface area (Å²) in [6.07, 6.45) is 2.46. The smallest absolute Gasteiger partial charge is 0.275 e. The minimum absolute atomic E-state index is 0.242. The summed E-state index contributed by atoms with van der Waals surface area (Å²) in [5.41, 5.74) is 2.38. The molecule has 0 atom stereocenters. The number of benzene rings is 1. The highest BCUT2D eigenvalue weighted by molar-refractivity contribution is 6.34. The van der Waals surface area contributed by atoms with Crippen LogP contribution >= 0.6 is 11.6 Å². The van der Waals surface area contributed by atoms with Crippen LogP contribution in [0.2, 0.25) is 5.02 Å². The van der Waals surface area contributed by atoms with Crippen LogP contribution < -0.4 is 5.32 Å². The van der Waals surface area contributed by atoms with Crippen LogP contribution in [0.3, 0.4) is 0 Å². The number of hydrogen-bond acceptors (Lipinski definition) is 2. The molecule has 1 N–H and O–H groups in total. The molecule has 0 aliphatic carbocycles. The van der Waals surface area contributed by atoms with Crippen molar-refractivity contribution in [1.29, 1.82) is 0 Å². The summed E-state index contributed by atoms with van der Waals surface area (Å²) in [6, 6.07) is 7.76. The lowest BCUT2D eigenvalue weighted by atomic mass is 10.1. The molecule has 19 heavy (non-hydrogen) atoms. The second kappa shape index (κ2) is 5.89. The van der Waals surface area contributed by atoms with Gasteiger partial charge in [-0.05, 0) is 31.0 Å². The van der Waals surface area contributed by atoms with Gasteiger partial charge in [-0.25, -0.2) is 0 Å². The molecule has 0 unspecified atom stereocenters. The molecular weight excluding hydrogens is 262 g/mol. The van der Waals surface area contributed by atoms with Crippen LogP contribution in [0.15, 0.2) is 30.5 Å². The quantitative estimate of drug-likeness (QED) is 0.931. The zero-order valence-electron chi connectivity index (χ0n) is 11.0. The zero-order chi connectivity index (χ0) is 13.8. The van der Waals surface area contributed by atoms with E-state index in [2.05, 4.69) is 17.3 Å². The Hall–Kier alpha value is -1.81. The number of aromatic nitrogens is 2. The predicted molar refractivity (Wildman–Crippen MR) is 76.7 cm³/mol. The number of carbonyl (C=O) groups excluding carboxylic acids is 1. The summed E-state index contributed by atoms with van der Waals surface area (Å²) >= 11 is 5.99. The van der Waals surface area contributed by atoms with Crippen molar-refractivity contribution in [2.24, 2.45) is 0 Å². The maximum Gasteiger partial charge on any atom is 0.275 e. The number of halogens is 1. The average molecular weight is 278 g/mol. The summed E-state index contributed by atoms with van der Waals surface area (Å²) in [4.78, 5) is 12.2. The molecule has 0 saturated heterocycles. The Labute approximate surface area is 117 Å². The minimum Gasteiger partial charge on any atom is -0.321 e. The molecule has 2 aromatic rings. The van der Waals surface area contributed by atoms with E-state index in [4.69, 9.17) is 11.6 Å². The Morgan fingerprint density at radius 3 is 2.58 bits per heavy atom. The molecule has 1 heterocycles. The maximum absolute atomic E-state index is 12.2. The molecule has 0 radical (unpaired) electrons. The number of amides is 1. The fourth-order valence-corrected chi connectivity index (χ4v) is 2.07. The van der Waals surface area contributed by atoms with E-state index in [1.807, 2.05) is 31.2 Å². The number of carbonyl (C=O) groups is 1. The number of aryl methyl sites for hydroxylation is 2. The largest absolute Gasteiger partial charge is 0.321 e. The van der Waals surface area contributed by atoms with Gasteiger partial charge in [-0.2, -0.15) is 5.10 Å². The number of rotatable bonds is 4. The standard InChI is InChI=1S/C14H16ClN3O/c1-3-10-5-7-11(8-6-10)17-14(19)13-12(15)9-16-18(13)4-2/h5-9H,3-4H2,1-2H3,(H,17,19). The fourth-order valence-electron chi connectivity index (χ4n) is 1.84. The predicted octanol–water partition coefficient (Wildman–Crippen LogP) is 3.37. The third-order valence-electron chi connectivity index (χ3n) is 2.93. The van der Waals surface area contributed by atoms with E-state index in [9.17, 15) is 4.79 Å². The van der Waals surface area contributed by atoms with Gasteiger partial charge in [0.25, 0.3) is 5.91 Å². The Kier molecular flexibility index (Phi) is 4.22. The van der Waals surface area contributed by atoms with Crippen molar-refractivity contribution in [3.63, 3.8) is 0 Å². The molecule has 0 saturated carbocycles. The van der Waals surface area contributed by atoms with E-state index < -0.39 is 0 Å². The average Bonchev–Trinajstić information content (AvgIpc) is 2.80. The molecule has 1 aromatic heterocycles. The van der Waals surface area contributed by atoms with Gasteiger partial charge in [-0.15, -0.1) is 0 Å². The second-order valence-corrected chi connectivity index (χ2v) is 4.57. The molecule has 0 bridgehead atoms. The summed E-state index contributed by atoms with van der Waals surface area (Å²) in [6.45, 7) is 4.60. The SMILES string of the molecule is CCc1ccc(NC(=O)c2c(Cl)cnn2CC)cc1. The molecule has 0 spiro atoms. The van der Waals surface area contributed by atoms with Crippen LogP contribution in [0.1, 0.15) is 29.9 Å². The van der Waals surface area contributed by atoms with Gasteiger partial charge in [0.1, 0.15) is 5.69 Å². The van der Waals surface area contributed by atoms with Gasteiger partial charge < -0.3 is 5.32 Å². The third kappa shape index (κ3) is 2.96. The highest BCUT2D eigenvalue weighted by Crippen LogP contribution is 2.17. The molecular formula is C14H16ClN3O. The molecule has 0 aliphatic rings. The zero-order valence-corrected chi connectivity index (χ0v) is 11.7. The van der Waals surface area contributed by atoms with Crippen LogP contribution in [0.4, 0.5) is 5.69 Å². The Morgan fingerprint density at radius 1 is 1.32 bits per heavy atom. The van der Waals surface area contributed by atoms with Crippen LogP contribution in [0.5, 0.6) is 0 Å². The van der Waals surface area contributed by atoms with Crippen molar-refractivity contribution < 1.29 is 4.79 Å². The van der Waals surface area contributed by atoms with Crippen LogP contribution in [-0.4, -0.2) is 15.7 Å². The van der Waals surface area contributed by atoms with Gasteiger partial charge >= 0.3 is 0 Å². The van der Waals surface area contributed by atoms with Crippen molar-refractivity contribution in [1.82, 2.24) is 9.78 Å². The first-order valence-corrected chi connectivity index (χ1v) is 6.65. The van der Waals surface area contributed by atoms with Crippen LogP contribution in [-0.2, 0) is 13.0 Å².